The van der Waals surface area contributed by atoms with Crippen molar-refractivity contribution >= 4 is 43.8 Å². The molecule has 6 rings (SSSR count). The van der Waals surface area contributed by atoms with Gasteiger partial charge in [-0.2, -0.15) is 5.23 Å². The van der Waals surface area contributed by atoms with Crippen LogP contribution in [-0.2, 0) is 6.61 Å². The third-order valence-electron chi connectivity index (χ3n) is 6.47. The maximum absolute atomic E-state index is 13.8. The molecule has 0 aliphatic heterocycles. The summed E-state index contributed by atoms with van der Waals surface area (Å²) in [5.41, 5.74) is 3.02. The Balaban J connectivity index is 1.51. The van der Waals surface area contributed by atoms with Crippen molar-refractivity contribution in [2.75, 3.05) is 14.2 Å². The second-order valence-electron chi connectivity index (χ2n) is 8.39. The first-order valence-corrected chi connectivity index (χ1v) is 11.2. The minimum absolute atomic E-state index is 0.214. The molecule has 0 amide bonds. The Morgan fingerprint density at radius 3 is 2.50 bits per heavy atom. The van der Waals surface area contributed by atoms with Gasteiger partial charge in [-0.3, -0.25) is 14.2 Å². The molecule has 1 unspecified atom stereocenters. The van der Waals surface area contributed by atoms with Gasteiger partial charge >= 0.3 is 0 Å². The lowest BCUT2D eigenvalue weighted by Crippen LogP contribution is -2.99. The van der Waals surface area contributed by atoms with Crippen molar-refractivity contribution in [2.45, 2.75) is 6.61 Å². The van der Waals surface area contributed by atoms with Gasteiger partial charge in [0.2, 0.25) is 0 Å². The summed E-state index contributed by atoms with van der Waals surface area (Å²) in [6, 6.07) is 17.6. The van der Waals surface area contributed by atoms with Crippen LogP contribution in [0.5, 0.6) is 17.2 Å². The average Bonchev–Trinajstić information content (AvgIpc) is 3.24. The molecule has 9 nitrogen and oxygen atoms in total. The number of quaternary nitrogens is 1. The third-order valence-corrected chi connectivity index (χ3v) is 6.47. The predicted molar refractivity (Wildman–Crippen MR) is 135 cm³/mol. The van der Waals surface area contributed by atoms with Crippen LogP contribution in [0.2, 0.25) is 0 Å². The van der Waals surface area contributed by atoms with E-state index < -0.39 is 5.23 Å². The number of rotatable bonds is 6. The highest BCUT2D eigenvalue weighted by atomic mass is 16.8. The SMILES string of the molecule is COc1ccc2c(c1OC)c(=O)n1c3ccc(OCc4ccc([NH+]([O-])O)cc4)cc3c3ccnc2c31. The Morgan fingerprint density at radius 2 is 1.78 bits per heavy atom. The normalized spacial score (nSPS) is 12.6. The molecule has 1 atom stereocenters. The molecule has 0 aliphatic rings. The molecule has 180 valence electrons. The molecule has 0 fully saturated rings. The monoisotopic (exact) mass is 483 g/mol. The van der Waals surface area contributed by atoms with Crippen molar-refractivity contribution in [3.8, 4) is 17.2 Å². The topological polar surface area (TPSA) is 110 Å². The van der Waals surface area contributed by atoms with Crippen molar-refractivity contribution in [2.24, 2.45) is 0 Å². The highest BCUT2D eigenvalue weighted by Crippen LogP contribution is 2.39. The number of pyridine rings is 2. The standard InChI is InChI=1S/C27H21N3O6/c1-34-22-10-8-19-23(26(22)35-2)27(31)29-21-9-7-17(13-20(21)18-11-12-28-24(19)25(18)29)36-14-15-3-5-16(6-4-15)30(32)33/h3-13,30,32H,14H2,1-2H3. The molecule has 36 heavy (non-hydrogen) atoms. The van der Waals surface area contributed by atoms with Gasteiger partial charge in [-0.05, 0) is 54.1 Å². The van der Waals surface area contributed by atoms with Crippen LogP contribution in [0.15, 0.2) is 71.7 Å². The van der Waals surface area contributed by atoms with E-state index in [2.05, 4.69) is 4.98 Å². The molecule has 2 N–H and O–H groups in total. The Hall–Kier alpha value is -4.44. The number of hydrogen-bond donors (Lipinski definition) is 2. The zero-order valence-corrected chi connectivity index (χ0v) is 19.4. The summed E-state index contributed by atoms with van der Waals surface area (Å²) in [4.78, 5) is 18.4. The van der Waals surface area contributed by atoms with Gasteiger partial charge in [-0.25, -0.2) is 5.21 Å². The van der Waals surface area contributed by atoms with Crippen molar-refractivity contribution in [3.05, 3.63) is 88.0 Å². The van der Waals surface area contributed by atoms with Crippen LogP contribution in [0.25, 0.3) is 38.1 Å². The molecule has 3 aromatic carbocycles. The Labute approximate surface area is 204 Å². The van der Waals surface area contributed by atoms with Crippen LogP contribution >= 0.6 is 0 Å². The molecular formula is C27H21N3O6. The highest BCUT2D eigenvalue weighted by Gasteiger charge is 2.22. The zero-order valence-electron chi connectivity index (χ0n) is 19.4. The summed E-state index contributed by atoms with van der Waals surface area (Å²) in [5.74, 6) is 1.48. The summed E-state index contributed by atoms with van der Waals surface area (Å²) in [6.45, 7) is 0.276. The maximum atomic E-state index is 13.8. The fourth-order valence-corrected chi connectivity index (χ4v) is 4.80. The van der Waals surface area contributed by atoms with Gasteiger partial charge in [0, 0.05) is 34.5 Å². The van der Waals surface area contributed by atoms with E-state index in [4.69, 9.17) is 19.4 Å². The first-order chi connectivity index (χ1) is 17.5. The molecule has 3 heterocycles. The largest absolute Gasteiger partial charge is 0.595 e. The van der Waals surface area contributed by atoms with Crippen molar-refractivity contribution in [3.63, 3.8) is 0 Å². The maximum Gasteiger partial charge on any atom is 0.267 e. The molecule has 9 heteroatoms. The van der Waals surface area contributed by atoms with Crippen molar-refractivity contribution in [1.29, 1.82) is 0 Å². The third kappa shape index (κ3) is 3.22. The lowest BCUT2D eigenvalue weighted by atomic mass is 10.1. The van der Waals surface area contributed by atoms with Crippen LogP contribution in [0, 0.1) is 5.21 Å². The summed E-state index contributed by atoms with van der Waals surface area (Å²) in [6.07, 6.45) is 1.73. The molecule has 0 bridgehead atoms. The lowest BCUT2D eigenvalue weighted by Gasteiger charge is -2.12. The smallest absolute Gasteiger partial charge is 0.267 e. The van der Waals surface area contributed by atoms with E-state index in [0.29, 0.717) is 33.5 Å². The first-order valence-electron chi connectivity index (χ1n) is 11.2. The summed E-state index contributed by atoms with van der Waals surface area (Å²) >= 11 is 0. The fourth-order valence-electron chi connectivity index (χ4n) is 4.80. The van der Waals surface area contributed by atoms with E-state index in [0.717, 1.165) is 27.4 Å². The molecule has 0 saturated carbocycles. The van der Waals surface area contributed by atoms with Gasteiger partial charge in [-0.15, -0.1) is 0 Å². The van der Waals surface area contributed by atoms with Crippen LogP contribution < -0.4 is 25.0 Å². The quantitative estimate of drug-likeness (QED) is 0.275. The number of nitrogens with zero attached hydrogens (tertiary/aromatic N) is 2. The number of fused-ring (bicyclic) bond motifs is 5. The van der Waals surface area contributed by atoms with Crippen molar-refractivity contribution in [1.82, 2.24) is 9.38 Å². The first kappa shape index (κ1) is 22.1. The minimum Gasteiger partial charge on any atom is -0.595 e. The van der Waals surface area contributed by atoms with E-state index in [1.54, 1.807) is 40.9 Å². The van der Waals surface area contributed by atoms with Gasteiger partial charge in [0.1, 0.15) is 12.4 Å². The minimum atomic E-state index is -0.969. The molecule has 0 aliphatic carbocycles. The van der Waals surface area contributed by atoms with E-state index in [1.165, 1.54) is 14.2 Å². The van der Waals surface area contributed by atoms with Gasteiger partial charge in [-0.1, -0.05) is 0 Å². The number of nitrogens with one attached hydrogen (secondary N) is 1. The Morgan fingerprint density at radius 1 is 0.972 bits per heavy atom. The fraction of sp³-hybridized carbons (Fsp3) is 0.111. The van der Waals surface area contributed by atoms with Gasteiger partial charge in [0.05, 0.1) is 36.2 Å². The Bertz CT molecular complexity index is 1810. The van der Waals surface area contributed by atoms with Crippen LogP contribution in [0.1, 0.15) is 5.56 Å². The van der Waals surface area contributed by atoms with E-state index in [9.17, 15) is 10.0 Å². The number of hydrogen-bond acceptors (Lipinski definition) is 7. The summed E-state index contributed by atoms with van der Waals surface area (Å²) in [5, 5.41) is 22.0. The highest BCUT2D eigenvalue weighted by molar-refractivity contribution is 6.19. The lowest BCUT2D eigenvalue weighted by molar-refractivity contribution is -0.991. The van der Waals surface area contributed by atoms with E-state index >= 15 is 0 Å². The molecule has 3 aromatic heterocycles. The average molecular weight is 483 g/mol. The molecule has 6 aromatic rings. The molecule has 0 radical (unpaired) electrons. The summed E-state index contributed by atoms with van der Waals surface area (Å²) < 4.78 is 18.7. The second kappa shape index (κ2) is 8.35. The number of methoxy groups -OCH3 is 2. The van der Waals surface area contributed by atoms with Crippen LogP contribution in [0.4, 0.5) is 5.69 Å². The summed E-state index contributed by atoms with van der Waals surface area (Å²) in [7, 11) is 3.05. The second-order valence-corrected chi connectivity index (χ2v) is 8.39. The van der Waals surface area contributed by atoms with E-state index in [-0.39, 0.29) is 17.9 Å². The molecule has 0 saturated heterocycles. The van der Waals surface area contributed by atoms with Gasteiger partial charge in [0.25, 0.3) is 5.56 Å². The zero-order chi connectivity index (χ0) is 25.0. The Kier molecular flexibility index (Phi) is 5.11. The van der Waals surface area contributed by atoms with Crippen LogP contribution in [0.3, 0.4) is 0 Å². The number of benzene rings is 3. The molecule has 0 spiro atoms. The van der Waals surface area contributed by atoms with Crippen LogP contribution in [-0.4, -0.2) is 28.8 Å². The van der Waals surface area contributed by atoms with Crippen molar-refractivity contribution < 1.29 is 24.6 Å². The van der Waals surface area contributed by atoms with Gasteiger partial charge in [0.15, 0.2) is 17.2 Å². The van der Waals surface area contributed by atoms with Gasteiger partial charge < -0.3 is 19.4 Å². The predicted octanol–water partition coefficient (Wildman–Crippen LogP) is 3.59. The number of aromatic nitrogens is 2. The number of ether oxygens (including phenoxy) is 3. The van der Waals surface area contributed by atoms with E-state index in [1.807, 2.05) is 30.3 Å². The molecular weight excluding hydrogens is 462 g/mol.